The van der Waals surface area contributed by atoms with Crippen LogP contribution in [-0.2, 0) is 46.5 Å². The van der Waals surface area contributed by atoms with Gasteiger partial charge < -0.3 is 10.2 Å². The smallest absolute Gasteiger partial charge is 0.380 e. The summed E-state index contributed by atoms with van der Waals surface area (Å²) in [5.41, 5.74) is -2.05. The maximum absolute atomic E-state index is 14.3. The molecule has 0 spiro atoms. The number of fused-ring (bicyclic) bond motifs is 1. The number of alkyl halides is 6. The van der Waals surface area contributed by atoms with Crippen molar-refractivity contribution in [2.24, 2.45) is 0 Å². The molecule has 4 aromatic carbocycles. The molecule has 0 bridgehead atoms. The quantitative estimate of drug-likeness (QED) is 0.0545. The highest BCUT2D eigenvalue weighted by Gasteiger charge is 2.41. The van der Waals surface area contributed by atoms with Crippen molar-refractivity contribution in [2.45, 2.75) is 78.1 Å². The summed E-state index contributed by atoms with van der Waals surface area (Å²) < 4.78 is 128. The van der Waals surface area contributed by atoms with Gasteiger partial charge in [-0.1, -0.05) is 73.1 Å². The van der Waals surface area contributed by atoms with Gasteiger partial charge in [-0.3, -0.25) is 14.5 Å². The molecular weight excluding hydrogens is 944 g/mol. The summed E-state index contributed by atoms with van der Waals surface area (Å²) in [6.45, 7) is 5.71. The number of thioether (sulfide) groups is 1. The molecule has 356 valence electrons. The Kier molecular flexibility index (Phi) is 17.6. The summed E-state index contributed by atoms with van der Waals surface area (Å²) in [7, 11) is -4.88. The van der Waals surface area contributed by atoms with Gasteiger partial charge >= 0.3 is 11.7 Å². The number of rotatable bonds is 21. The summed E-state index contributed by atoms with van der Waals surface area (Å²) in [5.74, 6) is -1.78. The van der Waals surface area contributed by atoms with Crippen molar-refractivity contribution in [3.05, 3.63) is 125 Å². The third kappa shape index (κ3) is 14.1. The van der Waals surface area contributed by atoms with Crippen LogP contribution in [0.25, 0.3) is 11.1 Å². The predicted molar refractivity (Wildman–Crippen MR) is 251 cm³/mol. The lowest BCUT2D eigenvalue weighted by molar-refractivity contribution is -0.145. The summed E-state index contributed by atoms with van der Waals surface area (Å²) in [6, 6.07) is 27.5. The molecule has 5 aromatic rings. The molecule has 0 saturated carbocycles. The van der Waals surface area contributed by atoms with Gasteiger partial charge in [0.2, 0.25) is 5.82 Å². The lowest BCUT2D eigenvalue weighted by Gasteiger charge is -2.30. The molecule has 20 heteroatoms. The standard InChI is InChI=1S/C46H52ClF6N7O3S3/c1-4-23-59(29-33-11-8-9-14-38(33)32-15-17-34(47)18-16-32)24-10-25-60-27-22-39-41(30-60)55-44(45(48,49)50)56-43(39)57-66(62,63)37-19-20-40(42(28-37)65(61)46(51,52)53)54-35(21-26-58(2)3)31-64-36-12-6-5-7-13-36/h5-9,11-20,28,35,54H,4,10,21-27,29-31H2,1-3H3,(H,55,56,57)/t35-,65?/m1/s1. The molecule has 0 radical (unpaired) electrons. The SMILES string of the molecule is CCCN(CCCN1CCc2c(nc(C(F)(F)F)nc2NS(=O)(=O)c2ccc(N[C@H](CCN(C)C)CSc3ccccc3)c(S(=O)C(F)(F)F)c2)C1)Cc1ccccc1-c1ccc(Cl)cc1. The topological polar surface area (TPSA) is 111 Å². The Morgan fingerprint density at radius 3 is 2.30 bits per heavy atom. The lowest BCUT2D eigenvalue weighted by Crippen LogP contribution is -2.36. The maximum Gasteiger partial charge on any atom is 0.475 e. The zero-order chi connectivity index (χ0) is 47.6. The van der Waals surface area contributed by atoms with E-state index in [9.17, 15) is 39.0 Å². The number of aromatic nitrogens is 2. The third-order valence-electron chi connectivity index (χ3n) is 10.8. The molecule has 0 amide bonds. The van der Waals surface area contributed by atoms with Crippen LogP contribution in [0.4, 0.5) is 37.8 Å². The highest BCUT2D eigenvalue weighted by Crippen LogP contribution is 2.36. The van der Waals surface area contributed by atoms with Crippen molar-refractivity contribution in [1.29, 1.82) is 0 Å². The zero-order valence-electron chi connectivity index (χ0n) is 36.6. The van der Waals surface area contributed by atoms with Crippen LogP contribution >= 0.6 is 23.4 Å². The average molecular weight is 997 g/mol. The summed E-state index contributed by atoms with van der Waals surface area (Å²) in [4.78, 5) is 12.9. The maximum atomic E-state index is 14.3. The minimum Gasteiger partial charge on any atom is -0.380 e. The number of nitrogens with zero attached hydrogens (tertiary/aromatic N) is 5. The molecule has 1 unspecified atom stereocenters. The first kappa shape index (κ1) is 51.2. The number of hydrogen-bond acceptors (Lipinski definition) is 10. The fourth-order valence-electron chi connectivity index (χ4n) is 7.60. The Balaban J connectivity index is 1.20. The molecule has 0 aliphatic carbocycles. The Morgan fingerprint density at radius 1 is 0.909 bits per heavy atom. The van der Waals surface area contributed by atoms with Crippen molar-refractivity contribution in [3.8, 4) is 11.1 Å². The monoisotopic (exact) mass is 995 g/mol. The number of halogens is 7. The average Bonchev–Trinajstić information content (AvgIpc) is 3.27. The van der Waals surface area contributed by atoms with Gasteiger partial charge in [0.1, 0.15) is 5.82 Å². The van der Waals surface area contributed by atoms with Crippen molar-refractivity contribution in [3.63, 3.8) is 0 Å². The van der Waals surface area contributed by atoms with Crippen LogP contribution in [0.5, 0.6) is 0 Å². The van der Waals surface area contributed by atoms with Crippen LogP contribution < -0.4 is 10.0 Å². The zero-order valence-corrected chi connectivity index (χ0v) is 39.8. The third-order valence-corrected chi connectivity index (χ3v) is 14.8. The normalized spacial score (nSPS) is 14.6. The van der Waals surface area contributed by atoms with Gasteiger partial charge in [0.25, 0.3) is 10.0 Å². The van der Waals surface area contributed by atoms with E-state index in [1.807, 2.05) is 90.6 Å². The van der Waals surface area contributed by atoms with E-state index in [0.29, 0.717) is 62.4 Å². The first-order valence-electron chi connectivity index (χ1n) is 21.3. The largest absolute Gasteiger partial charge is 0.475 e. The Bertz CT molecular complexity index is 2540. The van der Waals surface area contributed by atoms with Gasteiger partial charge in [-0.2, -0.15) is 26.3 Å². The van der Waals surface area contributed by atoms with Crippen molar-refractivity contribution in [2.75, 3.05) is 62.6 Å². The number of nitrogens with one attached hydrogen (secondary N) is 2. The van der Waals surface area contributed by atoms with Gasteiger partial charge in [-0.25, -0.2) is 22.6 Å². The number of benzene rings is 4. The van der Waals surface area contributed by atoms with Crippen LogP contribution in [0, 0.1) is 0 Å². The summed E-state index contributed by atoms with van der Waals surface area (Å²) >= 11 is 7.60. The summed E-state index contributed by atoms with van der Waals surface area (Å²) in [5, 5.41) is 3.70. The molecule has 1 aliphatic heterocycles. The highest BCUT2D eigenvalue weighted by atomic mass is 35.5. The molecule has 1 aliphatic rings. The molecule has 2 atom stereocenters. The van der Waals surface area contributed by atoms with E-state index in [4.69, 9.17) is 11.6 Å². The van der Waals surface area contributed by atoms with Gasteiger partial charge in [-0.15, -0.1) is 11.8 Å². The molecule has 1 aromatic heterocycles. The van der Waals surface area contributed by atoms with E-state index < -0.39 is 60.0 Å². The van der Waals surface area contributed by atoms with Crippen molar-refractivity contribution < 1.29 is 39.0 Å². The first-order chi connectivity index (χ1) is 31.3. The predicted octanol–water partition coefficient (Wildman–Crippen LogP) is 10.4. The van der Waals surface area contributed by atoms with Crippen LogP contribution in [0.2, 0.25) is 5.02 Å². The number of sulfonamides is 1. The van der Waals surface area contributed by atoms with Crippen LogP contribution in [-0.4, -0.2) is 101 Å². The minimum absolute atomic E-state index is 0.0147. The fraction of sp³-hybridized carbons (Fsp3) is 0.391. The van der Waals surface area contributed by atoms with E-state index in [2.05, 4.69) is 44.0 Å². The second kappa shape index (κ2) is 22.7. The van der Waals surface area contributed by atoms with Crippen LogP contribution in [0.1, 0.15) is 48.8 Å². The molecule has 0 fully saturated rings. The second-order valence-electron chi connectivity index (χ2n) is 16.2. The van der Waals surface area contributed by atoms with Gasteiger partial charge in [0, 0.05) is 46.9 Å². The van der Waals surface area contributed by atoms with Crippen molar-refractivity contribution in [1.82, 2.24) is 24.7 Å². The van der Waals surface area contributed by atoms with Crippen LogP contribution in [0.3, 0.4) is 0 Å². The van der Waals surface area contributed by atoms with Gasteiger partial charge in [-0.05, 0) is 125 Å². The molecule has 0 saturated heterocycles. The Hall–Kier alpha value is -4.24. The number of anilines is 2. The number of hydrogen-bond donors (Lipinski definition) is 2. The Morgan fingerprint density at radius 2 is 1.62 bits per heavy atom. The molecule has 2 heterocycles. The first-order valence-corrected chi connectivity index (χ1v) is 25.3. The lowest BCUT2D eigenvalue weighted by atomic mass is 9.99. The van der Waals surface area contributed by atoms with Crippen LogP contribution in [0.15, 0.2) is 112 Å². The van der Waals surface area contributed by atoms with E-state index >= 15 is 0 Å². The van der Waals surface area contributed by atoms with Gasteiger partial charge in [0.15, 0.2) is 10.8 Å². The Labute approximate surface area is 394 Å². The molecule has 66 heavy (non-hydrogen) atoms. The van der Waals surface area contributed by atoms with E-state index in [0.717, 1.165) is 46.7 Å². The minimum atomic E-state index is -5.26. The van der Waals surface area contributed by atoms with E-state index in [-0.39, 0.29) is 29.9 Å². The molecular formula is C46H52ClF6N7O3S3. The fourth-order valence-corrected chi connectivity index (χ4v) is 10.7. The molecule has 2 N–H and O–H groups in total. The molecule has 10 nitrogen and oxygen atoms in total. The van der Waals surface area contributed by atoms with Crippen molar-refractivity contribution >= 4 is 55.7 Å². The van der Waals surface area contributed by atoms with E-state index in [1.54, 1.807) is 0 Å². The van der Waals surface area contributed by atoms with E-state index in [1.165, 1.54) is 11.8 Å². The highest BCUT2D eigenvalue weighted by molar-refractivity contribution is 7.99. The van der Waals surface area contributed by atoms with Gasteiger partial charge in [0.05, 0.1) is 21.2 Å². The second-order valence-corrected chi connectivity index (χ2v) is 20.8. The summed E-state index contributed by atoms with van der Waals surface area (Å²) in [6.07, 6.45) is -2.89. The molecule has 6 rings (SSSR count).